The molecule has 1 aliphatic rings. The first-order chi connectivity index (χ1) is 10.4. The summed E-state index contributed by atoms with van der Waals surface area (Å²) in [7, 11) is -1.38. The van der Waals surface area contributed by atoms with E-state index < -0.39 is 15.6 Å². The summed E-state index contributed by atoms with van der Waals surface area (Å²) in [5.41, 5.74) is -0.0828. The Balaban J connectivity index is 2.06. The van der Waals surface area contributed by atoms with Gasteiger partial charge in [-0.05, 0) is 29.4 Å². The molecule has 22 heavy (non-hydrogen) atoms. The van der Waals surface area contributed by atoms with Crippen LogP contribution in [0.15, 0.2) is 46.4 Å². The van der Waals surface area contributed by atoms with Crippen molar-refractivity contribution in [2.45, 2.75) is 4.90 Å². The maximum atomic E-state index is 12.8. The topological polar surface area (TPSA) is 82.5 Å². The number of anilines is 1. The molecule has 1 unspecified atom stereocenters. The van der Waals surface area contributed by atoms with Gasteiger partial charge in [-0.1, -0.05) is 6.07 Å². The minimum Gasteiger partial charge on any atom is -0.504 e. The van der Waals surface area contributed by atoms with Crippen LogP contribution >= 0.6 is 11.3 Å². The highest BCUT2D eigenvalue weighted by molar-refractivity contribution is 7.98. The summed E-state index contributed by atoms with van der Waals surface area (Å²) >= 11 is 1.22. The number of thiophene rings is 1. The van der Waals surface area contributed by atoms with Crippen LogP contribution in [0.5, 0.6) is 0 Å². The van der Waals surface area contributed by atoms with E-state index in [1.807, 2.05) is 0 Å². The zero-order valence-electron chi connectivity index (χ0n) is 11.6. The fourth-order valence-electron chi connectivity index (χ4n) is 2.14. The molecule has 0 spiro atoms. The van der Waals surface area contributed by atoms with Crippen molar-refractivity contribution in [2.24, 2.45) is 0 Å². The Morgan fingerprint density at radius 2 is 2.23 bits per heavy atom. The van der Waals surface area contributed by atoms with Crippen LogP contribution in [0.25, 0.3) is 5.76 Å². The number of aliphatic hydroxyl groups excluding tert-OH is 1. The molecule has 2 aromatic heterocycles. The molecule has 3 heterocycles. The Morgan fingerprint density at radius 1 is 1.45 bits per heavy atom. The zero-order valence-corrected chi connectivity index (χ0v) is 13.3. The Labute approximate surface area is 131 Å². The van der Waals surface area contributed by atoms with Gasteiger partial charge in [0.25, 0.3) is 5.91 Å². The fraction of sp³-hybridized carbons (Fsp3) is 0.0714. The van der Waals surface area contributed by atoms with Gasteiger partial charge >= 0.3 is 0 Å². The lowest BCUT2D eigenvalue weighted by Gasteiger charge is -2.30. The smallest absolute Gasteiger partial charge is 0.277 e. The largest absolute Gasteiger partial charge is 0.504 e. The molecule has 3 rings (SSSR count). The molecule has 2 aromatic rings. The summed E-state index contributed by atoms with van der Waals surface area (Å²) in [5.74, 6) is 3.27. The van der Waals surface area contributed by atoms with E-state index in [1.165, 1.54) is 28.9 Å². The monoisotopic (exact) mass is 335 g/mol. The second-order valence-corrected chi connectivity index (χ2v) is 7.80. The van der Waals surface area contributed by atoms with Gasteiger partial charge in [0.2, 0.25) is 0 Å². The maximum absolute atomic E-state index is 12.8. The third kappa shape index (κ3) is 2.16. The lowest BCUT2D eigenvalue weighted by Crippen LogP contribution is -2.36. The molecule has 114 valence electrons. The zero-order chi connectivity index (χ0) is 15.9. The predicted octanol–water partition coefficient (Wildman–Crippen LogP) is 1.94. The average molecular weight is 335 g/mol. The number of carbonyl (C=O) groups excluding carboxylic acids is 1. The molecule has 2 N–H and O–H groups in total. The van der Waals surface area contributed by atoms with Gasteiger partial charge in [-0.2, -0.15) is 0 Å². The van der Waals surface area contributed by atoms with E-state index in [1.54, 1.807) is 29.6 Å². The lowest BCUT2D eigenvalue weighted by molar-refractivity contribution is -0.113. The van der Waals surface area contributed by atoms with Crippen LogP contribution in [0.1, 0.15) is 4.88 Å². The molecule has 1 aliphatic heterocycles. The second kappa shape index (κ2) is 5.15. The van der Waals surface area contributed by atoms with Crippen LogP contribution in [0.3, 0.4) is 0 Å². The van der Waals surface area contributed by atoms with E-state index in [4.69, 9.17) is 0 Å². The molecular formula is C14H13N3O3S2. The first-order valence-electron chi connectivity index (χ1n) is 6.27. The lowest BCUT2D eigenvalue weighted by atomic mass is 10.3. The maximum Gasteiger partial charge on any atom is 0.277 e. The first kappa shape index (κ1) is 14.6. The van der Waals surface area contributed by atoms with Crippen molar-refractivity contribution in [3.8, 4) is 0 Å². The van der Waals surface area contributed by atoms with E-state index in [9.17, 15) is 14.1 Å². The van der Waals surface area contributed by atoms with Crippen LogP contribution in [0.4, 0.5) is 5.82 Å². The summed E-state index contributed by atoms with van der Waals surface area (Å²) in [5, 5.41) is 14.7. The van der Waals surface area contributed by atoms with E-state index >= 15 is 0 Å². The minimum absolute atomic E-state index is 0.0828. The second-order valence-electron chi connectivity index (χ2n) is 4.62. The Morgan fingerprint density at radius 3 is 2.91 bits per heavy atom. The number of carbonyl (C=O) groups is 1. The number of fused-ring (bicyclic) bond motifs is 1. The summed E-state index contributed by atoms with van der Waals surface area (Å²) in [6, 6.07) is 6.72. The molecule has 0 aromatic carbocycles. The van der Waals surface area contributed by atoms with Crippen molar-refractivity contribution in [3.63, 3.8) is 0 Å². The van der Waals surface area contributed by atoms with Crippen molar-refractivity contribution in [1.82, 2.24) is 9.29 Å². The summed E-state index contributed by atoms with van der Waals surface area (Å²) < 4.78 is 14.0. The SMILES string of the molecule is C=S1(=O)c2ccsc2C(O)=C(C(=O)Nc2ccccn2)N1C. The molecule has 0 saturated carbocycles. The first-order valence-corrected chi connectivity index (χ1v) is 8.84. The van der Waals surface area contributed by atoms with Gasteiger partial charge in [-0.3, -0.25) is 9.10 Å². The van der Waals surface area contributed by atoms with Crippen molar-refractivity contribution < 1.29 is 14.1 Å². The van der Waals surface area contributed by atoms with Crippen LogP contribution in [-0.4, -0.2) is 37.4 Å². The number of aliphatic hydroxyl groups is 1. The highest BCUT2D eigenvalue weighted by Gasteiger charge is 2.35. The standard InChI is InChI=1S/C14H13N3O3S2/c1-17-11(14(19)16-10-5-3-4-7-15-10)12(18)13-9(6-8-21-13)22(17,2)20/h3-8,18H,2H2,1H3,(H,15,16,19). The number of rotatable bonds is 2. The molecule has 0 saturated heterocycles. The number of pyridine rings is 1. The number of amides is 1. The molecule has 8 heteroatoms. The highest BCUT2D eigenvalue weighted by Crippen LogP contribution is 2.38. The van der Waals surface area contributed by atoms with E-state index in [2.05, 4.69) is 16.2 Å². The number of likely N-dealkylation sites (N-methyl/N-ethyl adjacent to an activating group) is 1. The number of nitrogens with zero attached hydrogens (tertiary/aromatic N) is 2. The molecule has 0 bridgehead atoms. The Hall–Kier alpha value is -2.32. The number of nitrogens with one attached hydrogen (secondary N) is 1. The van der Waals surface area contributed by atoms with E-state index in [0.717, 1.165) is 0 Å². The fourth-order valence-corrected chi connectivity index (χ4v) is 4.92. The molecule has 1 atom stereocenters. The normalized spacial score (nSPS) is 20.7. The van der Waals surface area contributed by atoms with Crippen molar-refractivity contribution in [3.05, 3.63) is 46.4 Å². The van der Waals surface area contributed by atoms with Crippen LogP contribution in [-0.2, 0) is 14.5 Å². The number of hydrogen-bond acceptors (Lipinski definition) is 5. The van der Waals surface area contributed by atoms with Gasteiger partial charge in [0.05, 0.1) is 19.5 Å². The van der Waals surface area contributed by atoms with Gasteiger partial charge < -0.3 is 10.4 Å². The number of aromatic nitrogens is 1. The number of hydrogen-bond donors (Lipinski definition) is 2. The highest BCUT2D eigenvalue weighted by atomic mass is 32.2. The van der Waals surface area contributed by atoms with Crippen molar-refractivity contribution in [1.29, 1.82) is 0 Å². The van der Waals surface area contributed by atoms with Gasteiger partial charge in [0.15, 0.2) is 11.5 Å². The van der Waals surface area contributed by atoms with Crippen LogP contribution in [0, 0.1) is 0 Å². The minimum atomic E-state index is -2.85. The van der Waals surface area contributed by atoms with Gasteiger partial charge in [-0.25, -0.2) is 9.19 Å². The van der Waals surface area contributed by atoms with Crippen molar-refractivity contribution in [2.75, 3.05) is 12.4 Å². The predicted molar refractivity (Wildman–Crippen MR) is 88.0 cm³/mol. The van der Waals surface area contributed by atoms with Crippen LogP contribution in [0.2, 0.25) is 0 Å². The molecule has 1 amide bonds. The average Bonchev–Trinajstić information content (AvgIpc) is 2.97. The van der Waals surface area contributed by atoms with Gasteiger partial charge in [0.1, 0.15) is 5.82 Å². The van der Waals surface area contributed by atoms with Gasteiger partial charge in [-0.15, -0.1) is 11.3 Å². The Bertz CT molecular complexity index is 870. The van der Waals surface area contributed by atoms with Crippen LogP contribution < -0.4 is 5.32 Å². The Kier molecular flexibility index (Phi) is 3.42. The molecule has 6 nitrogen and oxygen atoms in total. The van der Waals surface area contributed by atoms with E-state index in [0.29, 0.717) is 15.6 Å². The summed E-state index contributed by atoms with van der Waals surface area (Å²) in [6.45, 7) is 0. The van der Waals surface area contributed by atoms with E-state index in [-0.39, 0.29) is 11.5 Å². The molecular weight excluding hydrogens is 322 g/mol. The van der Waals surface area contributed by atoms with Crippen molar-refractivity contribution >= 4 is 44.4 Å². The van der Waals surface area contributed by atoms with Gasteiger partial charge in [0, 0.05) is 13.2 Å². The quantitative estimate of drug-likeness (QED) is 0.822. The summed E-state index contributed by atoms with van der Waals surface area (Å²) in [4.78, 5) is 17.3. The molecule has 0 aliphatic carbocycles. The molecule has 0 fully saturated rings. The third-order valence-corrected chi connectivity index (χ3v) is 6.44. The molecule has 0 radical (unpaired) electrons. The third-order valence-electron chi connectivity index (χ3n) is 3.29. The summed E-state index contributed by atoms with van der Waals surface area (Å²) in [6.07, 6.45) is 1.54.